The molecule has 102 valence electrons. The number of nitrogens with zero attached hydrogens (tertiary/aromatic N) is 3. The number of nitriles is 2. The summed E-state index contributed by atoms with van der Waals surface area (Å²) in [6, 6.07) is 12.1. The average Bonchev–Trinajstić information content (AvgIpc) is 3.00. The first-order valence-corrected chi connectivity index (χ1v) is 6.30. The molecule has 1 atom stereocenters. The molecule has 2 aromatic rings. The average molecular weight is 278 g/mol. The summed E-state index contributed by atoms with van der Waals surface area (Å²) in [6.45, 7) is 0. The van der Waals surface area contributed by atoms with Gasteiger partial charge in [-0.3, -0.25) is 0 Å². The highest BCUT2D eigenvalue weighted by molar-refractivity contribution is 5.86. The Kier molecular flexibility index (Phi) is 2.61. The minimum Gasteiger partial charge on any atom is -0.397 e. The number of benzene rings is 1. The van der Waals surface area contributed by atoms with E-state index in [4.69, 9.17) is 5.73 Å². The van der Waals surface area contributed by atoms with E-state index in [9.17, 15) is 14.9 Å². The standard InChI is InChI=1S/C16H11FN4/c1-21-7-3-6-13(21)16(9-19)10-4-2-5-12(17)14(10)15(20)11(16)8-18/h2-7H,20H2,1H3/t16-/m1/s1. The highest BCUT2D eigenvalue weighted by Gasteiger charge is 2.49. The predicted molar refractivity (Wildman–Crippen MR) is 74.9 cm³/mol. The second-order valence-corrected chi connectivity index (χ2v) is 4.93. The smallest absolute Gasteiger partial charge is 0.159 e. The Morgan fingerprint density at radius 3 is 2.57 bits per heavy atom. The second-order valence-electron chi connectivity index (χ2n) is 4.93. The van der Waals surface area contributed by atoms with Gasteiger partial charge in [-0.25, -0.2) is 4.39 Å². The Balaban J connectivity index is 2.49. The fourth-order valence-electron chi connectivity index (χ4n) is 3.01. The minimum atomic E-state index is -1.37. The van der Waals surface area contributed by atoms with Crippen LogP contribution in [0.15, 0.2) is 42.1 Å². The predicted octanol–water partition coefficient (Wildman–Crippen LogP) is 2.18. The van der Waals surface area contributed by atoms with Gasteiger partial charge in [-0.1, -0.05) is 12.1 Å². The summed E-state index contributed by atoms with van der Waals surface area (Å²) >= 11 is 0. The fourth-order valence-corrected chi connectivity index (χ4v) is 3.01. The van der Waals surface area contributed by atoms with E-state index in [0.29, 0.717) is 11.3 Å². The van der Waals surface area contributed by atoms with E-state index in [1.165, 1.54) is 12.1 Å². The molecule has 0 aliphatic heterocycles. The van der Waals surface area contributed by atoms with E-state index >= 15 is 0 Å². The minimum absolute atomic E-state index is 0.0355. The van der Waals surface area contributed by atoms with E-state index in [-0.39, 0.29) is 16.8 Å². The second kappa shape index (κ2) is 4.22. The summed E-state index contributed by atoms with van der Waals surface area (Å²) < 4.78 is 15.9. The van der Waals surface area contributed by atoms with Crippen LogP contribution in [0, 0.1) is 28.5 Å². The first kappa shape index (κ1) is 13.0. The van der Waals surface area contributed by atoms with Crippen LogP contribution in [0.2, 0.25) is 0 Å². The van der Waals surface area contributed by atoms with Crippen LogP contribution in [0.25, 0.3) is 5.70 Å². The lowest BCUT2D eigenvalue weighted by atomic mass is 9.76. The zero-order valence-electron chi connectivity index (χ0n) is 11.3. The number of allylic oxidation sites excluding steroid dienone is 1. The van der Waals surface area contributed by atoms with Crippen molar-refractivity contribution >= 4 is 5.70 Å². The van der Waals surface area contributed by atoms with E-state index in [2.05, 4.69) is 6.07 Å². The van der Waals surface area contributed by atoms with Gasteiger partial charge in [0.1, 0.15) is 5.82 Å². The molecule has 0 bridgehead atoms. The van der Waals surface area contributed by atoms with Crippen molar-refractivity contribution < 1.29 is 4.39 Å². The molecule has 1 aromatic carbocycles. The molecule has 1 aliphatic carbocycles. The van der Waals surface area contributed by atoms with Crippen LogP contribution in [-0.2, 0) is 12.5 Å². The monoisotopic (exact) mass is 278 g/mol. The van der Waals surface area contributed by atoms with Crippen molar-refractivity contribution in [2.24, 2.45) is 12.8 Å². The SMILES string of the molecule is Cn1cccc1[C@@]1(C#N)C(C#N)=C(N)c2c(F)cccc21. The number of halogens is 1. The number of hydrogen-bond acceptors (Lipinski definition) is 3. The lowest BCUT2D eigenvalue weighted by molar-refractivity contribution is 0.618. The van der Waals surface area contributed by atoms with Crippen LogP contribution in [0.3, 0.4) is 0 Å². The Morgan fingerprint density at radius 1 is 1.24 bits per heavy atom. The summed E-state index contributed by atoms with van der Waals surface area (Å²) in [4.78, 5) is 0. The van der Waals surface area contributed by atoms with Gasteiger partial charge in [0, 0.05) is 24.5 Å². The largest absolute Gasteiger partial charge is 0.397 e. The van der Waals surface area contributed by atoms with Crippen LogP contribution in [0.5, 0.6) is 0 Å². The molecule has 0 spiro atoms. The molecule has 2 N–H and O–H groups in total. The first-order valence-electron chi connectivity index (χ1n) is 6.30. The topological polar surface area (TPSA) is 78.5 Å². The van der Waals surface area contributed by atoms with Gasteiger partial charge < -0.3 is 10.3 Å². The molecule has 0 fully saturated rings. The molecule has 1 aromatic heterocycles. The molecular weight excluding hydrogens is 267 g/mol. The number of nitrogens with two attached hydrogens (primary N) is 1. The maximum atomic E-state index is 14.1. The van der Waals surface area contributed by atoms with Crippen molar-refractivity contribution in [2.45, 2.75) is 5.41 Å². The van der Waals surface area contributed by atoms with Gasteiger partial charge in [-0.2, -0.15) is 10.5 Å². The van der Waals surface area contributed by atoms with E-state index in [1.807, 2.05) is 6.07 Å². The van der Waals surface area contributed by atoms with E-state index in [1.54, 1.807) is 36.0 Å². The molecule has 4 nitrogen and oxygen atoms in total. The summed E-state index contributed by atoms with van der Waals surface area (Å²) in [7, 11) is 1.77. The maximum absolute atomic E-state index is 14.1. The van der Waals surface area contributed by atoms with Gasteiger partial charge in [-0.15, -0.1) is 0 Å². The molecule has 0 saturated heterocycles. The zero-order chi connectivity index (χ0) is 15.2. The van der Waals surface area contributed by atoms with Gasteiger partial charge in [0.25, 0.3) is 0 Å². The van der Waals surface area contributed by atoms with Gasteiger partial charge in [0.15, 0.2) is 5.41 Å². The molecule has 0 amide bonds. The Labute approximate surface area is 121 Å². The molecule has 3 rings (SSSR count). The molecule has 5 heteroatoms. The third-order valence-electron chi connectivity index (χ3n) is 3.94. The van der Waals surface area contributed by atoms with Crippen molar-refractivity contribution in [3.8, 4) is 12.1 Å². The van der Waals surface area contributed by atoms with Gasteiger partial charge in [-0.05, 0) is 23.8 Å². The van der Waals surface area contributed by atoms with Crippen molar-refractivity contribution in [3.05, 3.63) is 64.7 Å². The summed E-state index contributed by atoms with van der Waals surface area (Å²) in [6.07, 6.45) is 1.77. The molecule has 0 radical (unpaired) electrons. The fraction of sp³-hybridized carbons (Fsp3) is 0.125. The van der Waals surface area contributed by atoms with E-state index in [0.717, 1.165) is 0 Å². The number of aromatic nitrogens is 1. The molecule has 0 saturated carbocycles. The number of rotatable bonds is 1. The maximum Gasteiger partial charge on any atom is 0.159 e. The lowest BCUT2D eigenvalue weighted by Crippen LogP contribution is -2.28. The van der Waals surface area contributed by atoms with Crippen molar-refractivity contribution in [1.29, 1.82) is 10.5 Å². The summed E-state index contributed by atoms with van der Waals surface area (Å²) in [5, 5.41) is 19.3. The summed E-state index contributed by atoms with van der Waals surface area (Å²) in [5.41, 5.74) is 5.87. The van der Waals surface area contributed by atoms with Crippen LogP contribution in [0.4, 0.5) is 4.39 Å². The Morgan fingerprint density at radius 2 is 2.00 bits per heavy atom. The van der Waals surface area contributed by atoms with Crippen LogP contribution in [0.1, 0.15) is 16.8 Å². The van der Waals surface area contributed by atoms with Crippen LogP contribution in [-0.4, -0.2) is 4.57 Å². The van der Waals surface area contributed by atoms with Crippen molar-refractivity contribution in [3.63, 3.8) is 0 Å². The van der Waals surface area contributed by atoms with Crippen LogP contribution >= 0.6 is 0 Å². The molecule has 1 aliphatic rings. The lowest BCUT2D eigenvalue weighted by Gasteiger charge is -2.24. The molecule has 0 unspecified atom stereocenters. The van der Waals surface area contributed by atoms with Crippen molar-refractivity contribution in [1.82, 2.24) is 4.57 Å². The zero-order valence-corrected chi connectivity index (χ0v) is 11.3. The normalized spacial score (nSPS) is 20.0. The highest BCUT2D eigenvalue weighted by Crippen LogP contribution is 2.49. The first-order chi connectivity index (χ1) is 10.1. The molecule has 21 heavy (non-hydrogen) atoms. The highest BCUT2D eigenvalue weighted by atomic mass is 19.1. The van der Waals surface area contributed by atoms with Gasteiger partial charge in [0.2, 0.25) is 0 Å². The van der Waals surface area contributed by atoms with Gasteiger partial charge in [0.05, 0.1) is 23.4 Å². The quantitative estimate of drug-likeness (QED) is 0.868. The third-order valence-corrected chi connectivity index (χ3v) is 3.94. The van der Waals surface area contributed by atoms with Crippen molar-refractivity contribution in [2.75, 3.05) is 0 Å². The number of fused-ring (bicyclic) bond motifs is 1. The number of aryl methyl sites for hydroxylation is 1. The molecular formula is C16H11FN4. The Bertz CT molecular complexity index is 863. The van der Waals surface area contributed by atoms with Gasteiger partial charge >= 0.3 is 0 Å². The third kappa shape index (κ3) is 1.40. The van der Waals surface area contributed by atoms with Crippen LogP contribution < -0.4 is 5.73 Å². The number of hydrogen-bond donors (Lipinski definition) is 1. The molecule has 1 heterocycles. The van der Waals surface area contributed by atoms with E-state index < -0.39 is 11.2 Å². The summed E-state index contributed by atoms with van der Waals surface area (Å²) in [5.74, 6) is -0.524. The Hall–Kier alpha value is -3.05.